The number of carbonyl (C=O) groups excluding carboxylic acids is 2. The molecule has 0 aromatic heterocycles. The number of Topliss-reactive ketones (excluding diaryl/α,β-unsaturated/α-hetero) is 1. The lowest BCUT2D eigenvalue weighted by Crippen LogP contribution is -2.20. The van der Waals surface area contributed by atoms with Crippen molar-refractivity contribution in [3.63, 3.8) is 0 Å². The monoisotopic (exact) mass is 378 g/mol. The molecule has 3 aromatic carbocycles. The van der Waals surface area contributed by atoms with Crippen molar-refractivity contribution in [3.8, 4) is 5.75 Å². The predicted molar refractivity (Wildman–Crippen MR) is 103 cm³/mol. The Morgan fingerprint density at radius 3 is 2.25 bits per heavy atom. The van der Waals surface area contributed by atoms with Crippen LogP contribution in [0.15, 0.2) is 78.9 Å². The third-order valence-corrected chi connectivity index (χ3v) is 4.09. The maximum absolute atomic E-state index is 13.6. The molecule has 3 aromatic rings. The Labute approximate surface area is 162 Å². The van der Waals surface area contributed by atoms with E-state index < -0.39 is 24.2 Å². The van der Waals surface area contributed by atoms with Gasteiger partial charge in [-0.05, 0) is 29.3 Å². The molecule has 0 bridgehead atoms. The van der Waals surface area contributed by atoms with Gasteiger partial charge in [-0.1, -0.05) is 60.7 Å². The lowest BCUT2D eigenvalue weighted by atomic mass is 10.0. The van der Waals surface area contributed by atoms with Crippen molar-refractivity contribution >= 4 is 11.8 Å². The lowest BCUT2D eigenvalue weighted by molar-refractivity contribution is -0.144. The Balaban J connectivity index is 1.54. The zero-order chi connectivity index (χ0) is 19.8. The molecule has 0 aliphatic rings. The van der Waals surface area contributed by atoms with Crippen LogP contribution in [0.25, 0.3) is 0 Å². The van der Waals surface area contributed by atoms with E-state index in [1.165, 1.54) is 18.2 Å². The summed E-state index contributed by atoms with van der Waals surface area (Å²) in [5.41, 5.74) is 1.95. The molecule has 0 unspecified atom stereocenters. The molecule has 0 aliphatic heterocycles. The highest BCUT2D eigenvalue weighted by molar-refractivity contribution is 5.98. The molecule has 5 heteroatoms. The van der Waals surface area contributed by atoms with Gasteiger partial charge in [-0.2, -0.15) is 0 Å². The third kappa shape index (κ3) is 5.27. The second-order valence-electron chi connectivity index (χ2n) is 6.12. The van der Waals surface area contributed by atoms with Crippen LogP contribution in [0.4, 0.5) is 4.39 Å². The molecule has 28 heavy (non-hydrogen) atoms. The van der Waals surface area contributed by atoms with E-state index >= 15 is 0 Å². The number of ketones is 1. The summed E-state index contributed by atoms with van der Waals surface area (Å²) in [5.74, 6) is -1.37. The summed E-state index contributed by atoms with van der Waals surface area (Å²) in [6, 6.07) is 22.9. The van der Waals surface area contributed by atoms with Gasteiger partial charge >= 0.3 is 5.97 Å². The summed E-state index contributed by atoms with van der Waals surface area (Å²) >= 11 is 0. The van der Waals surface area contributed by atoms with E-state index in [9.17, 15) is 14.0 Å². The van der Waals surface area contributed by atoms with Crippen LogP contribution in [0.5, 0.6) is 5.75 Å². The molecule has 0 saturated heterocycles. The zero-order valence-corrected chi connectivity index (χ0v) is 15.1. The van der Waals surface area contributed by atoms with Crippen LogP contribution in [-0.2, 0) is 16.0 Å². The minimum absolute atomic E-state index is 0.107. The Kier molecular flexibility index (Phi) is 6.52. The van der Waals surface area contributed by atoms with E-state index in [4.69, 9.17) is 9.47 Å². The Morgan fingerprint density at radius 1 is 0.786 bits per heavy atom. The van der Waals surface area contributed by atoms with Crippen LogP contribution in [0.2, 0.25) is 0 Å². The second kappa shape index (κ2) is 9.46. The fourth-order valence-electron chi connectivity index (χ4n) is 2.70. The molecule has 0 heterocycles. The molecule has 0 amide bonds. The standard InChI is InChI=1S/C23H19FO4/c24-20-12-6-5-11-19(20)21(25)15-28-23(26)16-27-22-13-7-4-10-18(22)14-17-8-2-1-3-9-17/h1-13H,14-16H2. The summed E-state index contributed by atoms with van der Waals surface area (Å²) < 4.78 is 24.1. The summed E-state index contributed by atoms with van der Waals surface area (Å²) in [7, 11) is 0. The number of halogens is 1. The van der Waals surface area contributed by atoms with Gasteiger partial charge in [0.2, 0.25) is 5.78 Å². The topological polar surface area (TPSA) is 52.6 Å². The first-order valence-electron chi connectivity index (χ1n) is 8.81. The maximum atomic E-state index is 13.6. The Bertz CT molecular complexity index is 954. The van der Waals surface area contributed by atoms with Crippen molar-refractivity contribution in [2.24, 2.45) is 0 Å². The molecule has 0 fully saturated rings. The van der Waals surface area contributed by atoms with Crippen molar-refractivity contribution in [3.05, 3.63) is 101 Å². The van der Waals surface area contributed by atoms with E-state index in [2.05, 4.69) is 0 Å². The van der Waals surface area contributed by atoms with Gasteiger partial charge in [0, 0.05) is 6.42 Å². The number of ether oxygens (including phenoxy) is 2. The molecule has 0 atom stereocenters. The third-order valence-electron chi connectivity index (χ3n) is 4.09. The molecule has 142 valence electrons. The number of para-hydroxylation sites is 1. The van der Waals surface area contributed by atoms with Crippen molar-refractivity contribution in [1.82, 2.24) is 0 Å². The van der Waals surface area contributed by atoms with E-state index in [1.54, 1.807) is 12.1 Å². The van der Waals surface area contributed by atoms with E-state index in [0.717, 1.165) is 11.1 Å². The van der Waals surface area contributed by atoms with Gasteiger partial charge in [-0.25, -0.2) is 9.18 Å². The second-order valence-corrected chi connectivity index (χ2v) is 6.12. The van der Waals surface area contributed by atoms with Crippen molar-refractivity contribution in [2.75, 3.05) is 13.2 Å². The van der Waals surface area contributed by atoms with E-state index in [-0.39, 0.29) is 12.2 Å². The van der Waals surface area contributed by atoms with E-state index in [0.29, 0.717) is 12.2 Å². The average molecular weight is 378 g/mol. The molecule has 0 spiro atoms. The van der Waals surface area contributed by atoms with Crippen molar-refractivity contribution in [2.45, 2.75) is 6.42 Å². The minimum Gasteiger partial charge on any atom is -0.482 e. The molecular formula is C23H19FO4. The predicted octanol–water partition coefficient (Wildman–Crippen LogP) is 4.22. The maximum Gasteiger partial charge on any atom is 0.344 e. The van der Waals surface area contributed by atoms with Gasteiger partial charge < -0.3 is 9.47 Å². The van der Waals surface area contributed by atoms with Gasteiger partial charge in [0.25, 0.3) is 0 Å². The molecular weight excluding hydrogens is 359 g/mol. The largest absolute Gasteiger partial charge is 0.482 e. The first-order chi connectivity index (χ1) is 13.6. The van der Waals surface area contributed by atoms with Gasteiger partial charge in [-0.15, -0.1) is 0 Å². The number of carbonyl (C=O) groups is 2. The molecule has 0 saturated carbocycles. The van der Waals surface area contributed by atoms with Gasteiger partial charge in [0.1, 0.15) is 11.6 Å². The lowest BCUT2D eigenvalue weighted by Gasteiger charge is -2.11. The molecule has 0 radical (unpaired) electrons. The highest BCUT2D eigenvalue weighted by Gasteiger charge is 2.14. The van der Waals surface area contributed by atoms with Crippen molar-refractivity contribution < 1.29 is 23.5 Å². The minimum atomic E-state index is -0.695. The fourth-order valence-corrected chi connectivity index (χ4v) is 2.70. The van der Waals surface area contributed by atoms with Gasteiger partial charge in [-0.3, -0.25) is 4.79 Å². The first kappa shape index (κ1) is 19.3. The zero-order valence-electron chi connectivity index (χ0n) is 15.1. The van der Waals surface area contributed by atoms with Crippen LogP contribution in [-0.4, -0.2) is 25.0 Å². The smallest absolute Gasteiger partial charge is 0.344 e. The number of hydrogen-bond acceptors (Lipinski definition) is 4. The molecule has 0 N–H and O–H groups in total. The average Bonchev–Trinajstić information content (AvgIpc) is 2.72. The summed E-state index contributed by atoms with van der Waals surface area (Å²) in [5, 5.41) is 0. The van der Waals surface area contributed by atoms with Crippen LogP contribution in [0, 0.1) is 5.82 Å². The number of esters is 1. The fraction of sp³-hybridized carbons (Fsp3) is 0.130. The highest BCUT2D eigenvalue weighted by Crippen LogP contribution is 2.21. The summed E-state index contributed by atoms with van der Waals surface area (Å²) in [4.78, 5) is 23.9. The SMILES string of the molecule is O=C(COc1ccccc1Cc1ccccc1)OCC(=O)c1ccccc1F. The number of hydrogen-bond donors (Lipinski definition) is 0. The Hall–Kier alpha value is -3.47. The molecule has 3 rings (SSSR count). The van der Waals surface area contributed by atoms with Crippen LogP contribution >= 0.6 is 0 Å². The van der Waals surface area contributed by atoms with Gasteiger partial charge in [0.15, 0.2) is 13.2 Å². The van der Waals surface area contributed by atoms with Crippen LogP contribution in [0.3, 0.4) is 0 Å². The quantitative estimate of drug-likeness (QED) is 0.435. The van der Waals surface area contributed by atoms with Crippen molar-refractivity contribution in [1.29, 1.82) is 0 Å². The molecule has 0 aliphatic carbocycles. The van der Waals surface area contributed by atoms with E-state index in [1.807, 2.05) is 48.5 Å². The van der Waals surface area contributed by atoms with Gasteiger partial charge in [0.05, 0.1) is 5.56 Å². The first-order valence-corrected chi connectivity index (χ1v) is 8.81. The Morgan fingerprint density at radius 2 is 1.46 bits per heavy atom. The highest BCUT2D eigenvalue weighted by atomic mass is 19.1. The molecule has 4 nitrogen and oxygen atoms in total. The number of rotatable bonds is 8. The summed E-state index contributed by atoms with van der Waals surface area (Å²) in [6.45, 7) is -0.870. The van der Waals surface area contributed by atoms with Crippen LogP contribution < -0.4 is 4.74 Å². The summed E-state index contributed by atoms with van der Waals surface area (Å²) in [6.07, 6.45) is 0.665. The number of benzene rings is 3. The normalized spacial score (nSPS) is 10.3. The van der Waals surface area contributed by atoms with Crippen LogP contribution in [0.1, 0.15) is 21.5 Å².